The molecule has 1 aliphatic carbocycles. The van der Waals surface area contributed by atoms with E-state index in [1.807, 2.05) is 0 Å². The second-order valence-electron chi connectivity index (χ2n) is 4.08. The summed E-state index contributed by atoms with van der Waals surface area (Å²) in [5, 5.41) is 7.38. The summed E-state index contributed by atoms with van der Waals surface area (Å²) in [5.41, 5.74) is 5.73. The van der Waals surface area contributed by atoms with E-state index in [4.69, 9.17) is 15.9 Å². The molecule has 86 valence electrons. The van der Waals surface area contributed by atoms with Gasteiger partial charge < -0.3 is 10.5 Å². The predicted molar refractivity (Wildman–Crippen MR) is 60.3 cm³/mol. The summed E-state index contributed by atoms with van der Waals surface area (Å²) >= 11 is 0. The normalized spacial score (nSPS) is 16.3. The molecule has 0 bridgehead atoms. The first-order valence-corrected chi connectivity index (χ1v) is 5.47. The van der Waals surface area contributed by atoms with Gasteiger partial charge in [0.1, 0.15) is 17.4 Å². The number of amidine groups is 1. The standard InChI is InChI=1S/C12H15FN2O/c13-8-5-6-11(10(7-8)12(14)15)16-9-3-1-2-4-9/h5-7,9H,1-4H2,(H3,14,15). The minimum Gasteiger partial charge on any atom is -0.490 e. The summed E-state index contributed by atoms with van der Waals surface area (Å²) in [6.45, 7) is 0. The number of halogens is 1. The van der Waals surface area contributed by atoms with E-state index in [1.54, 1.807) is 6.07 Å². The third-order valence-corrected chi connectivity index (χ3v) is 2.83. The average Bonchev–Trinajstić information content (AvgIpc) is 2.73. The molecule has 0 aromatic heterocycles. The zero-order chi connectivity index (χ0) is 11.5. The minimum absolute atomic E-state index is 0.160. The van der Waals surface area contributed by atoms with Crippen molar-refractivity contribution in [2.24, 2.45) is 5.73 Å². The summed E-state index contributed by atoms with van der Waals surface area (Å²) in [7, 11) is 0. The molecule has 1 aromatic carbocycles. The lowest BCUT2D eigenvalue weighted by Crippen LogP contribution is -2.17. The van der Waals surface area contributed by atoms with E-state index < -0.39 is 5.82 Å². The molecule has 1 aromatic rings. The van der Waals surface area contributed by atoms with E-state index in [-0.39, 0.29) is 11.9 Å². The fourth-order valence-electron chi connectivity index (χ4n) is 2.00. The second-order valence-corrected chi connectivity index (χ2v) is 4.08. The van der Waals surface area contributed by atoms with Crippen LogP contribution in [0.2, 0.25) is 0 Å². The molecule has 1 aliphatic rings. The highest BCUT2D eigenvalue weighted by Crippen LogP contribution is 2.26. The maximum Gasteiger partial charge on any atom is 0.130 e. The van der Waals surface area contributed by atoms with E-state index in [1.165, 1.54) is 25.0 Å². The minimum atomic E-state index is -0.399. The number of hydrogen-bond donors (Lipinski definition) is 2. The maximum absolute atomic E-state index is 13.0. The van der Waals surface area contributed by atoms with Crippen molar-refractivity contribution < 1.29 is 9.13 Å². The molecular formula is C12H15FN2O. The van der Waals surface area contributed by atoms with Crippen molar-refractivity contribution >= 4 is 5.84 Å². The van der Waals surface area contributed by atoms with E-state index in [2.05, 4.69) is 0 Å². The largest absolute Gasteiger partial charge is 0.490 e. The summed E-state index contributed by atoms with van der Waals surface area (Å²) < 4.78 is 18.7. The zero-order valence-corrected chi connectivity index (χ0v) is 9.00. The fraction of sp³-hybridized carbons (Fsp3) is 0.417. The molecule has 3 N–H and O–H groups in total. The van der Waals surface area contributed by atoms with Crippen LogP contribution < -0.4 is 10.5 Å². The molecule has 0 heterocycles. The Morgan fingerprint density at radius 2 is 2.06 bits per heavy atom. The topological polar surface area (TPSA) is 59.1 Å². The molecule has 0 atom stereocenters. The number of nitrogens with one attached hydrogen (secondary N) is 1. The van der Waals surface area contributed by atoms with E-state index in [0.29, 0.717) is 11.3 Å². The molecule has 0 aliphatic heterocycles. The molecule has 1 saturated carbocycles. The van der Waals surface area contributed by atoms with Gasteiger partial charge in [0.15, 0.2) is 0 Å². The highest BCUT2D eigenvalue weighted by molar-refractivity contribution is 5.97. The molecule has 16 heavy (non-hydrogen) atoms. The first-order valence-electron chi connectivity index (χ1n) is 5.47. The van der Waals surface area contributed by atoms with Gasteiger partial charge in [0.05, 0.1) is 11.7 Å². The van der Waals surface area contributed by atoms with Gasteiger partial charge in [-0.25, -0.2) is 4.39 Å². The first-order chi connectivity index (χ1) is 7.66. The number of hydrogen-bond acceptors (Lipinski definition) is 2. The van der Waals surface area contributed by atoms with Crippen LogP contribution in [0, 0.1) is 11.2 Å². The molecule has 0 amide bonds. The lowest BCUT2D eigenvalue weighted by Gasteiger charge is -2.15. The summed E-state index contributed by atoms with van der Waals surface area (Å²) in [6, 6.07) is 4.12. The van der Waals surface area contributed by atoms with Crippen LogP contribution in [-0.4, -0.2) is 11.9 Å². The summed E-state index contributed by atoms with van der Waals surface area (Å²) in [4.78, 5) is 0. The third-order valence-electron chi connectivity index (χ3n) is 2.83. The number of rotatable bonds is 3. The third kappa shape index (κ3) is 2.32. The lowest BCUT2D eigenvalue weighted by atomic mass is 10.1. The Bertz CT molecular complexity index is 400. The summed E-state index contributed by atoms with van der Waals surface area (Å²) in [6.07, 6.45) is 4.56. The molecule has 0 unspecified atom stereocenters. The molecule has 4 heteroatoms. The van der Waals surface area contributed by atoms with Gasteiger partial charge in [-0.1, -0.05) is 0 Å². The number of benzene rings is 1. The van der Waals surface area contributed by atoms with Crippen LogP contribution in [-0.2, 0) is 0 Å². The zero-order valence-electron chi connectivity index (χ0n) is 9.00. The van der Waals surface area contributed by atoms with E-state index >= 15 is 0 Å². The van der Waals surface area contributed by atoms with Crippen molar-refractivity contribution in [1.29, 1.82) is 5.41 Å². The number of nitrogens with two attached hydrogens (primary N) is 1. The van der Waals surface area contributed by atoms with Crippen molar-refractivity contribution in [2.75, 3.05) is 0 Å². The van der Waals surface area contributed by atoms with Crippen LogP contribution in [0.3, 0.4) is 0 Å². The SMILES string of the molecule is N=C(N)c1cc(F)ccc1OC1CCCC1. The highest BCUT2D eigenvalue weighted by Gasteiger charge is 2.18. The van der Waals surface area contributed by atoms with Crippen molar-refractivity contribution in [1.82, 2.24) is 0 Å². The van der Waals surface area contributed by atoms with Crippen molar-refractivity contribution in [3.63, 3.8) is 0 Å². The van der Waals surface area contributed by atoms with Crippen LogP contribution in [0.4, 0.5) is 4.39 Å². The fourth-order valence-corrected chi connectivity index (χ4v) is 2.00. The Balaban J connectivity index is 2.21. The average molecular weight is 222 g/mol. The van der Waals surface area contributed by atoms with Crippen LogP contribution in [0.1, 0.15) is 31.2 Å². The molecule has 0 radical (unpaired) electrons. The van der Waals surface area contributed by atoms with Gasteiger partial charge in [0.2, 0.25) is 0 Å². The molecule has 2 rings (SSSR count). The van der Waals surface area contributed by atoms with Gasteiger partial charge >= 0.3 is 0 Å². The van der Waals surface area contributed by atoms with Crippen LogP contribution in [0.5, 0.6) is 5.75 Å². The Morgan fingerprint density at radius 3 is 2.69 bits per heavy atom. The van der Waals surface area contributed by atoms with E-state index in [0.717, 1.165) is 12.8 Å². The van der Waals surface area contributed by atoms with Crippen LogP contribution >= 0.6 is 0 Å². The number of ether oxygens (including phenoxy) is 1. The molecule has 1 fully saturated rings. The van der Waals surface area contributed by atoms with Crippen LogP contribution in [0.25, 0.3) is 0 Å². The highest BCUT2D eigenvalue weighted by atomic mass is 19.1. The summed E-state index contributed by atoms with van der Waals surface area (Å²) in [5.74, 6) is -0.0442. The molecular weight excluding hydrogens is 207 g/mol. The lowest BCUT2D eigenvalue weighted by molar-refractivity contribution is 0.209. The Morgan fingerprint density at radius 1 is 1.38 bits per heavy atom. The molecule has 0 spiro atoms. The monoisotopic (exact) mass is 222 g/mol. The van der Waals surface area contributed by atoms with Gasteiger partial charge in [0.25, 0.3) is 0 Å². The molecule has 3 nitrogen and oxygen atoms in total. The smallest absolute Gasteiger partial charge is 0.130 e. The van der Waals surface area contributed by atoms with Gasteiger partial charge in [0, 0.05) is 0 Å². The second kappa shape index (κ2) is 4.51. The quantitative estimate of drug-likeness (QED) is 0.609. The van der Waals surface area contributed by atoms with Crippen molar-refractivity contribution in [2.45, 2.75) is 31.8 Å². The Hall–Kier alpha value is -1.58. The predicted octanol–water partition coefficient (Wildman–Crippen LogP) is 2.43. The van der Waals surface area contributed by atoms with Gasteiger partial charge in [-0.2, -0.15) is 0 Å². The van der Waals surface area contributed by atoms with Crippen LogP contribution in [0.15, 0.2) is 18.2 Å². The van der Waals surface area contributed by atoms with Gasteiger partial charge in [-0.3, -0.25) is 5.41 Å². The van der Waals surface area contributed by atoms with Gasteiger partial charge in [-0.15, -0.1) is 0 Å². The van der Waals surface area contributed by atoms with Gasteiger partial charge in [-0.05, 0) is 43.9 Å². The van der Waals surface area contributed by atoms with E-state index in [9.17, 15) is 4.39 Å². The molecule has 0 saturated heterocycles. The van der Waals surface area contributed by atoms with Crippen molar-refractivity contribution in [3.8, 4) is 5.75 Å². The maximum atomic E-state index is 13.0. The first kappa shape index (κ1) is 10.9. The Kier molecular flexibility index (Phi) is 3.08. The number of nitrogen functional groups attached to an aromatic ring is 1. The Labute approximate surface area is 93.9 Å². The van der Waals surface area contributed by atoms with Crippen molar-refractivity contribution in [3.05, 3.63) is 29.6 Å².